The first-order chi connectivity index (χ1) is 7.50. The van der Waals surface area contributed by atoms with Crippen molar-refractivity contribution in [3.8, 4) is 0 Å². The predicted octanol–water partition coefficient (Wildman–Crippen LogP) is 3.99. The Balaban J connectivity index is 2.56. The molecule has 84 valence electrons. The first kappa shape index (κ1) is 11.2. The van der Waals surface area contributed by atoms with Crippen molar-refractivity contribution in [2.45, 2.75) is 12.1 Å². The molecule has 2 rings (SSSR count). The summed E-state index contributed by atoms with van der Waals surface area (Å²) in [5.74, 6) is 0.330. The SMILES string of the molecule is FC(F)(F)c1ccc2cc(CCl)ccc2n1. The number of halogens is 4. The van der Waals surface area contributed by atoms with E-state index in [-0.39, 0.29) is 0 Å². The lowest BCUT2D eigenvalue weighted by atomic mass is 10.1. The fourth-order valence-corrected chi connectivity index (χ4v) is 1.58. The van der Waals surface area contributed by atoms with E-state index in [2.05, 4.69) is 4.98 Å². The maximum atomic E-state index is 12.4. The third-order valence-corrected chi connectivity index (χ3v) is 2.51. The number of aromatic nitrogens is 1. The van der Waals surface area contributed by atoms with Crippen LogP contribution in [0.5, 0.6) is 0 Å². The van der Waals surface area contributed by atoms with Gasteiger partial charge in [-0.2, -0.15) is 13.2 Å². The van der Waals surface area contributed by atoms with E-state index in [0.29, 0.717) is 16.8 Å². The molecule has 0 spiro atoms. The molecule has 0 unspecified atom stereocenters. The van der Waals surface area contributed by atoms with Crippen molar-refractivity contribution in [1.82, 2.24) is 4.98 Å². The molecule has 1 heterocycles. The van der Waals surface area contributed by atoms with E-state index in [1.165, 1.54) is 6.07 Å². The molecule has 0 N–H and O–H groups in total. The van der Waals surface area contributed by atoms with Gasteiger partial charge in [0.1, 0.15) is 5.69 Å². The van der Waals surface area contributed by atoms with E-state index >= 15 is 0 Å². The average molecular weight is 246 g/mol. The van der Waals surface area contributed by atoms with Crippen LogP contribution in [0, 0.1) is 0 Å². The van der Waals surface area contributed by atoms with Gasteiger partial charge in [-0.25, -0.2) is 4.98 Å². The first-order valence-electron chi connectivity index (χ1n) is 4.53. The van der Waals surface area contributed by atoms with Gasteiger partial charge in [0.2, 0.25) is 0 Å². The number of pyridine rings is 1. The van der Waals surface area contributed by atoms with Gasteiger partial charge in [-0.05, 0) is 23.8 Å². The zero-order chi connectivity index (χ0) is 11.8. The molecule has 0 fully saturated rings. The van der Waals surface area contributed by atoms with Crippen molar-refractivity contribution in [2.24, 2.45) is 0 Å². The smallest absolute Gasteiger partial charge is 0.243 e. The predicted molar refractivity (Wildman–Crippen MR) is 56.3 cm³/mol. The standard InChI is InChI=1S/C11H7ClF3N/c12-6-7-1-3-9-8(5-7)2-4-10(16-9)11(13,14)15/h1-5H,6H2. The second-order valence-corrected chi connectivity index (χ2v) is 3.62. The molecule has 5 heteroatoms. The van der Waals surface area contributed by atoms with Gasteiger partial charge in [0.25, 0.3) is 0 Å². The summed E-state index contributed by atoms with van der Waals surface area (Å²) in [4.78, 5) is 3.55. The van der Waals surface area contributed by atoms with Gasteiger partial charge in [-0.15, -0.1) is 11.6 Å². The highest BCUT2D eigenvalue weighted by Gasteiger charge is 2.32. The second-order valence-electron chi connectivity index (χ2n) is 3.35. The lowest BCUT2D eigenvalue weighted by molar-refractivity contribution is -0.140. The van der Waals surface area contributed by atoms with Crippen molar-refractivity contribution in [3.05, 3.63) is 41.6 Å². The second kappa shape index (κ2) is 3.94. The van der Waals surface area contributed by atoms with E-state index in [4.69, 9.17) is 11.6 Å². The maximum absolute atomic E-state index is 12.4. The Morgan fingerprint density at radius 2 is 1.88 bits per heavy atom. The van der Waals surface area contributed by atoms with Crippen LogP contribution in [0.4, 0.5) is 13.2 Å². The normalized spacial score (nSPS) is 12.0. The Morgan fingerprint density at radius 3 is 2.50 bits per heavy atom. The molecule has 1 aromatic heterocycles. The Kier molecular flexibility index (Phi) is 2.76. The highest BCUT2D eigenvalue weighted by molar-refractivity contribution is 6.17. The molecule has 1 aromatic carbocycles. The molecule has 0 bridgehead atoms. The number of fused-ring (bicyclic) bond motifs is 1. The van der Waals surface area contributed by atoms with Crippen molar-refractivity contribution in [2.75, 3.05) is 0 Å². The van der Waals surface area contributed by atoms with Crippen LogP contribution >= 0.6 is 11.6 Å². The number of hydrogen-bond acceptors (Lipinski definition) is 1. The summed E-state index contributed by atoms with van der Waals surface area (Å²) in [7, 11) is 0. The van der Waals surface area contributed by atoms with E-state index in [9.17, 15) is 13.2 Å². The van der Waals surface area contributed by atoms with Crippen LogP contribution in [0.2, 0.25) is 0 Å². The van der Waals surface area contributed by atoms with Crippen LogP contribution in [-0.4, -0.2) is 4.98 Å². The topological polar surface area (TPSA) is 12.9 Å². The molecule has 0 saturated carbocycles. The van der Waals surface area contributed by atoms with Crippen molar-refractivity contribution in [1.29, 1.82) is 0 Å². The molecule has 2 aromatic rings. The Morgan fingerprint density at radius 1 is 1.12 bits per heavy atom. The molecule has 0 atom stereocenters. The zero-order valence-electron chi connectivity index (χ0n) is 8.05. The zero-order valence-corrected chi connectivity index (χ0v) is 8.81. The fraction of sp³-hybridized carbons (Fsp3) is 0.182. The minimum absolute atomic E-state index is 0.323. The van der Waals surface area contributed by atoms with Crippen LogP contribution in [-0.2, 0) is 12.1 Å². The van der Waals surface area contributed by atoms with Crippen molar-refractivity contribution < 1.29 is 13.2 Å². The highest BCUT2D eigenvalue weighted by atomic mass is 35.5. The molecular formula is C11H7ClF3N. The number of benzene rings is 1. The van der Waals surface area contributed by atoms with Gasteiger partial charge in [-0.1, -0.05) is 12.1 Å². The Bertz CT molecular complexity index is 522. The number of alkyl halides is 4. The maximum Gasteiger partial charge on any atom is 0.433 e. The summed E-state index contributed by atoms with van der Waals surface area (Å²) >= 11 is 5.63. The first-order valence-corrected chi connectivity index (χ1v) is 5.07. The van der Waals surface area contributed by atoms with Crippen LogP contribution in [0.1, 0.15) is 11.3 Å². The third-order valence-electron chi connectivity index (χ3n) is 2.20. The van der Waals surface area contributed by atoms with Crippen LogP contribution in [0.3, 0.4) is 0 Å². The minimum atomic E-state index is -4.40. The summed E-state index contributed by atoms with van der Waals surface area (Å²) in [6, 6.07) is 7.32. The molecule has 0 aliphatic carbocycles. The van der Waals surface area contributed by atoms with Gasteiger partial charge in [0.15, 0.2) is 0 Å². The van der Waals surface area contributed by atoms with Gasteiger partial charge in [0, 0.05) is 11.3 Å². The fourth-order valence-electron chi connectivity index (χ4n) is 1.42. The summed E-state index contributed by atoms with van der Waals surface area (Å²) in [6.45, 7) is 0. The van der Waals surface area contributed by atoms with Crippen molar-refractivity contribution in [3.63, 3.8) is 0 Å². The number of nitrogens with zero attached hydrogens (tertiary/aromatic N) is 1. The molecule has 0 amide bonds. The lowest BCUT2D eigenvalue weighted by Gasteiger charge is -2.07. The molecule has 0 radical (unpaired) electrons. The molecular weight excluding hydrogens is 239 g/mol. The Labute approximate surface area is 94.9 Å². The van der Waals surface area contributed by atoms with Gasteiger partial charge in [0.05, 0.1) is 5.52 Å². The summed E-state index contributed by atoms with van der Waals surface area (Å²) in [5.41, 5.74) is 0.304. The van der Waals surface area contributed by atoms with Gasteiger partial charge >= 0.3 is 6.18 Å². The summed E-state index contributed by atoms with van der Waals surface area (Å²) in [5, 5.41) is 0.658. The molecule has 0 aliphatic heterocycles. The van der Waals surface area contributed by atoms with E-state index in [1.54, 1.807) is 18.2 Å². The average Bonchev–Trinajstić information content (AvgIpc) is 2.26. The molecule has 0 saturated heterocycles. The quantitative estimate of drug-likeness (QED) is 0.692. The number of rotatable bonds is 1. The van der Waals surface area contributed by atoms with Crippen LogP contribution in [0.15, 0.2) is 30.3 Å². The molecule has 0 aliphatic rings. The lowest BCUT2D eigenvalue weighted by Crippen LogP contribution is -2.07. The third kappa shape index (κ3) is 2.11. The van der Waals surface area contributed by atoms with E-state index < -0.39 is 11.9 Å². The van der Waals surface area contributed by atoms with Gasteiger partial charge in [-0.3, -0.25) is 0 Å². The summed E-state index contributed by atoms with van der Waals surface area (Å²) in [6.07, 6.45) is -4.40. The largest absolute Gasteiger partial charge is 0.433 e. The van der Waals surface area contributed by atoms with Crippen LogP contribution in [0.25, 0.3) is 10.9 Å². The highest BCUT2D eigenvalue weighted by Crippen LogP contribution is 2.29. The Hall–Kier alpha value is -1.29. The molecule has 16 heavy (non-hydrogen) atoms. The van der Waals surface area contributed by atoms with Gasteiger partial charge < -0.3 is 0 Å². The van der Waals surface area contributed by atoms with E-state index in [1.807, 2.05) is 0 Å². The molecule has 1 nitrogen and oxygen atoms in total. The van der Waals surface area contributed by atoms with Crippen molar-refractivity contribution >= 4 is 22.5 Å². The van der Waals surface area contributed by atoms with Crippen LogP contribution < -0.4 is 0 Å². The minimum Gasteiger partial charge on any atom is -0.243 e. The monoisotopic (exact) mass is 245 g/mol. The van der Waals surface area contributed by atoms with E-state index in [0.717, 1.165) is 11.6 Å². The summed E-state index contributed by atoms with van der Waals surface area (Å²) < 4.78 is 37.1. The number of hydrogen-bond donors (Lipinski definition) is 0.